The van der Waals surface area contributed by atoms with Crippen molar-refractivity contribution in [2.24, 2.45) is 5.92 Å². The molecule has 1 fully saturated rings. The van der Waals surface area contributed by atoms with Gasteiger partial charge in [-0.2, -0.15) is 0 Å². The summed E-state index contributed by atoms with van der Waals surface area (Å²) in [5.41, 5.74) is 1.43. The maximum atomic E-state index is 13.9. The second-order valence-corrected chi connectivity index (χ2v) is 5.56. The Balaban J connectivity index is 2.17. The molecule has 1 spiro atoms. The molecule has 1 aromatic rings. The maximum absolute atomic E-state index is 13.9. The minimum absolute atomic E-state index is 0.164. The standard InChI is InChI=1S/C15H17FO2/c16-13-5-3-4-11-10(13)6-7-12(14(17)18)15(11)8-1-2-9-15/h3-5,12H,1-2,6-9H2,(H,17,18). The molecular formula is C15H17FO2. The lowest BCUT2D eigenvalue weighted by Crippen LogP contribution is -2.42. The summed E-state index contributed by atoms with van der Waals surface area (Å²) in [4.78, 5) is 11.5. The molecule has 0 radical (unpaired) electrons. The molecule has 0 bridgehead atoms. The maximum Gasteiger partial charge on any atom is 0.307 e. The number of hydrogen-bond donors (Lipinski definition) is 1. The predicted molar refractivity (Wildman–Crippen MR) is 66.0 cm³/mol. The number of rotatable bonds is 1. The molecule has 96 valence electrons. The molecule has 1 N–H and O–H groups in total. The van der Waals surface area contributed by atoms with Crippen molar-refractivity contribution in [3.05, 3.63) is 35.1 Å². The molecule has 0 amide bonds. The molecule has 0 aromatic heterocycles. The number of carboxylic acid groups (broad SMARTS) is 1. The Hall–Kier alpha value is -1.38. The van der Waals surface area contributed by atoms with Crippen LogP contribution in [0.3, 0.4) is 0 Å². The van der Waals surface area contributed by atoms with Gasteiger partial charge >= 0.3 is 5.97 Å². The van der Waals surface area contributed by atoms with Gasteiger partial charge in [-0.3, -0.25) is 4.79 Å². The molecule has 1 aromatic carbocycles. The monoisotopic (exact) mass is 248 g/mol. The molecule has 0 saturated heterocycles. The molecule has 0 aliphatic heterocycles. The van der Waals surface area contributed by atoms with Crippen LogP contribution in [0, 0.1) is 11.7 Å². The van der Waals surface area contributed by atoms with Crippen LogP contribution in [-0.2, 0) is 16.6 Å². The Bertz CT molecular complexity index is 489. The summed E-state index contributed by atoms with van der Waals surface area (Å²) in [6.07, 6.45) is 5.02. The van der Waals surface area contributed by atoms with Crippen LogP contribution in [0.5, 0.6) is 0 Å². The lowest BCUT2D eigenvalue weighted by atomic mass is 9.62. The van der Waals surface area contributed by atoms with Crippen molar-refractivity contribution in [2.75, 3.05) is 0 Å². The van der Waals surface area contributed by atoms with Crippen molar-refractivity contribution in [1.29, 1.82) is 0 Å². The highest BCUT2D eigenvalue weighted by Crippen LogP contribution is 2.52. The van der Waals surface area contributed by atoms with Crippen LogP contribution in [0.1, 0.15) is 43.2 Å². The van der Waals surface area contributed by atoms with Crippen molar-refractivity contribution in [1.82, 2.24) is 0 Å². The normalized spacial score (nSPS) is 25.1. The first-order chi connectivity index (χ1) is 8.65. The van der Waals surface area contributed by atoms with E-state index in [1.54, 1.807) is 6.07 Å². The van der Waals surface area contributed by atoms with Crippen LogP contribution in [0.4, 0.5) is 4.39 Å². The second kappa shape index (κ2) is 4.08. The van der Waals surface area contributed by atoms with E-state index in [4.69, 9.17) is 0 Å². The summed E-state index contributed by atoms with van der Waals surface area (Å²) in [5, 5.41) is 9.46. The molecule has 2 nitrogen and oxygen atoms in total. The van der Waals surface area contributed by atoms with Gasteiger partial charge in [-0.1, -0.05) is 25.0 Å². The highest BCUT2D eigenvalue weighted by atomic mass is 19.1. The number of aliphatic carboxylic acids is 1. The third-order valence-electron chi connectivity index (χ3n) is 4.80. The first-order valence-electron chi connectivity index (χ1n) is 6.66. The number of halogens is 1. The first-order valence-corrected chi connectivity index (χ1v) is 6.66. The number of benzene rings is 1. The van der Waals surface area contributed by atoms with Crippen LogP contribution in [0.15, 0.2) is 18.2 Å². The molecule has 1 unspecified atom stereocenters. The van der Waals surface area contributed by atoms with Gasteiger partial charge in [0.2, 0.25) is 0 Å². The SMILES string of the molecule is O=C(O)C1CCc2c(F)cccc2C12CCCC2. The fourth-order valence-corrected chi connectivity index (χ4v) is 4.02. The van der Waals surface area contributed by atoms with Crippen LogP contribution < -0.4 is 0 Å². The van der Waals surface area contributed by atoms with E-state index in [9.17, 15) is 14.3 Å². The number of carboxylic acids is 1. The molecule has 3 rings (SSSR count). The van der Waals surface area contributed by atoms with Crippen LogP contribution in [0.25, 0.3) is 0 Å². The van der Waals surface area contributed by atoms with E-state index >= 15 is 0 Å². The first kappa shape index (κ1) is 11.7. The minimum atomic E-state index is -0.716. The Morgan fingerprint density at radius 2 is 2.06 bits per heavy atom. The second-order valence-electron chi connectivity index (χ2n) is 5.56. The fraction of sp³-hybridized carbons (Fsp3) is 0.533. The van der Waals surface area contributed by atoms with Gasteiger partial charge in [0.05, 0.1) is 5.92 Å². The van der Waals surface area contributed by atoms with E-state index in [1.165, 1.54) is 6.07 Å². The molecular weight excluding hydrogens is 231 g/mol. The Morgan fingerprint density at radius 3 is 2.72 bits per heavy atom. The molecule has 2 aliphatic carbocycles. The van der Waals surface area contributed by atoms with Crippen LogP contribution in [-0.4, -0.2) is 11.1 Å². The molecule has 1 saturated carbocycles. The average Bonchev–Trinajstić information content (AvgIpc) is 2.80. The Morgan fingerprint density at radius 1 is 1.33 bits per heavy atom. The molecule has 0 heterocycles. The minimum Gasteiger partial charge on any atom is -0.481 e. The van der Waals surface area contributed by atoms with E-state index in [0.717, 1.165) is 36.8 Å². The third-order valence-corrected chi connectivity index (χ3v) is 4.80. The van der Waals surface area contributed by atoms with E-state index < -0.39 is 5.97 Å². The van der Waals surface area contributed by atoms with Gasteiger partial charge in [-0.25, -0.2) is 4.39 Å². The van der Waals surface area contributed by atoms with Gasteiger partial charge in [0.15, 0.2) is 0 Å². The van der Waals surface area contributed by atoms with E-state index in [1.807, 2.05) is 6.07 Å². The number of hydrogen-bond acceptors (Lipinski definition) is 1. The highest BCUT2D eigenvalue weighted by molar-refractivity contribution is 5.73. The smallest absolute Gasteiger partial charge is 0.307 e. The van der Waals surface area contributed by atoms with Crippen molar-refractivity contribution in [2.45, 2.75) is 43.9 Å². The van der Waals surface area contributed by atoms with Gasteiger partial charge in [-0.05, 0) is 42.9 Å². The van der Waals surface area contributed by atoms with Crippen molar-refractivity contribution in [3.63, 3.8) is 0 Å². The molecule has 1 atom stereocenters. The molecule has 18 heavy (non-hydrogen) atoms. The zero-order valence-corrected chi connectivity index (χ0v) is 10.3. The van der Waals surface area contributed by atoms with Gasteiger partial charge in [0, 0.05) is 5.41 Å². The summed E-state index contributed by atoms with van der Waals surface area (Å²) >= 11 is 0. The lowest BCUT2D eigenvalue weighted by molar-refractivity contribution is -0.145. The summed E-state index contributed by atoms with van der Waals surface area (Å²) in [5.74, 6) is -1.22. The van der Waals surface area contributed by atoms with Gasteiger partial charge in [0.25, 0.3) is 0 Å². The third kappa shape index (κ3) is 1.49. The van der Waals surface area contributed by atoms with E-state index in [2.05, 4.69) is 0 Å². The number of carbonyl (C=O) groups is 1. The Labute approximate surface area is 106 Å². The van der Waals surface area contributed by atoms with Gasteiger partial charge in [-0.15, -0.1) is 0 Å². The summed E-state index contributed by atoms with van der Waals surface area (Å²) in [7, 11) is 0. The van der Waals surface area contributed by atoms with Crippen molar-refractivity contribution >= 4 is 5.97 Å². The summed E-state index contributed by atoms with van der Waals surface area (Å²) in [6.45, 7) is 0. The van der Waals surface area contributed by atoms with E-state index in [-0.39, 0.29) is 17.2 Å². The largest absolute Gasteiger partial charge is 0.481 e. The van der Waals surface area contributed by atoms with Gasteiger partial charge < -0.3 is 5.11 Å². The fourth-order valence-electron chi connectivity index (χ4n) is 4.02. The predicted octanol–water partition coefficient (Wildman–Crippen LogP) is 3.28. The molecule has 2 aliphatic rings. The molecule has 3 heteroatoms. The van der Waals surface area contributed by atoms with Crippen molar-refractivity contribution in [3.8, 4) is 0 Å². The zero-order valence-electron chi connectivity index (χ0n) is 10.3. The van der Waals surface area contributed by atoms with Crippen molar-refractivity contribution < 1.29 is 14.3 Å². The van der Waals surface area contributed by atoms with Gasteiger partial charge in [0.1, 0.15) is 5.82 Å². The highest BCUT2D eigenvalue weighted by Gasteiger charge is 2.49. The Kier molecular flexibility index (Phi) is 2.65. The topological polar surface area (TPSA) is 37.3 Å². The lowest BCUT2D eigenvalue weighted by Gasteiger charge is -2.41. The number of fused-ring (bicyclic) bond motifs is 2. The van der Waals surface area contributed by atoms with Crippen LogP contribution >= 0.6 is 0 Å². The quantitative estimate of drug-likeness (QED) is 0.828. The zero-order chi connectivity index (χ0) is 12.8. The summed E-state index contributed by atoms with van der Waals surface area (Å²) < 4.78 is 13.9. The van der Waals surface area contributed by atoms with Crippen LogP contribution in [0.2, 0.25) is 0 Å². The van der Waals surface area contributed by atoms with E-state index in [0.29, 0.717) is 12.8 Å². The summed E-state index contributed by atoms with van der Waals surface area (Å²) in [6, 6.07) is 5.15. The average molecular weight is 248 g/mol.